The van der Waals surface area contributed by atoms with Gasteiger partial charge in [-0.05, 0) is 13.3 Å². The Balaban J connectivity index is 4.28. The van der Waals surface area contributed by atoms with Crippen molar-refractivity contribution in [1.82, 2.24) is 0 Å². The van der Waals surface area contributed by atoms with Crippen LogP contribution < -0.4 is 0 Å². The molecule has 0 saturated heterocycles. The Morgan fingerprint density at radius 1 is 1.50 bits per heavy atom. The zero-order valence-corrected chi connectivity index (χ0v) is 11.1. The normalized spacial score (nSPS) is 18.6. The summed E-state index contributed by atoms with van der Waals surface area (Å²) in [5.74, 6) is -0.439. The van der Waals surface area contributed by atoms with Gasteiger partial charge in [-0.3, -0.25) is 4.79 Å². The Morgan fingerprint density at radius 2 is 2.06 bits per heavy atom. The lowest BCUT2D eigenvalue weighted by molar-refractivity contribution is -0.170. The molecule has 0 radical (unpaired) electrons. The fraction of sp³-hybridized carbons (Fsp3) is 0.909. The fourth-order valence-electron chi connectivity index (χ4n) is 1.59. The van der Waals surface area contributed by atoms with Gasteiger partial charge in [-0.15, -0.1) is 11.6 Å². The molecule has 0 rings (SSSR count). The minimum absolute atomic E-state index is 0.145. The van der Waals surface area contributed by atoms with Crippen LogP contribution in [0, 0.1) is 0 Å². The Bertz CT molecular complexity index is 214. The highest BCUT2D eigenvalue weighted by molar-refractivity contribution is 6.24. The number of rotatable bonds is 7. The van der Waals surface area contributed by atoms with Crippen molar-refractivity contribution in [3.8, 4) is 0 Å². The Hall–Kier alpha value is -0.320. The van der Waals surface area contributed by atoms with Gasteiger partial charge in [-0.2, -0.15) is 0 Å². The number of hydrogen-bond donors (Lipinski definition) is 1. The van der Waals surface area contributed by atoms with Crippen LogP contribution >= 0.6 is 11.6 Å². The van der Waals surface area contributed by atoms with E-state index in [2.05, 4.69) is 0 Å². The van der Waals surface area contributed by atoms with E-state index in [1.165, 1.54) is 0 Å². The quantitative estimate of drug-likeness (QED) is 0.428. The molecule has 16 heavy (non-hydrogen) atoms. The maximum absolute atomic E-state index is 11.0. The molecule has 0 aliphatic rings. The summed E-state index contributed by atoms with van der Waals surface area (Å²) in [4.78, 5) is 10.2. The summed E-state index contributed by atoms with van der Waals surface area (Å²) in [6.45, 7) is 5.37. The number of alkyl halides is 1. The second kappa shape index (κ2) is 7.09. The Labute approximate surface area is 102 Å². The molecule has 0 aromatic heterocycles. The highest BCUT2D eigenvalue weighted by Crippen LogP contribution is 2.29. The molecule has 0 heterocycles. The molecule has 0 aromatic carbocycles. The van der Waals surface area contributed by atoms with Crippen LogP contribution in [-0.2, 0) is 14.3 Å². The highest BCUT2D eigenvalue weighted by atomic mass is 35.5. The van der Waals surface area contributed by atoms with Gasteiger partial charge in [-0.1, -0.05) is 13.8 Å². The average Bonchev–Trinajstić information content (AvgIpc) is 2.17. The number of esters is 1. The van der Waals surface area contributed by atoms with Gasteiger partial charge in [0.15, 0.2) is 0 Å². The number of ether oxygens (including phenoxy) is 2. The molecule has 1 N–H and O–H groups in total. The summed E-state index contributed by atoms with van der Waals surface area (Å²) >= 11 is 6.25. The number of aliphatic hydroxyl groups excluding tert-OH is 1. The second-order valence-corrected chi connectivity index (χ2v) is 4.78. The van der Waals surface area contributed by atoms with Gasteiger partial charge in [0.05, 0.1) is 11.0 Å². The summed E-state index contributed by atoms with van der Waals surface area (Å²) in [5.41, 5.74) is 0. The van der Waals surface area contributed by atoms with E-state index in [1.54, 1.807) is 21.0 Å². The van der Waals surface area contributed by atoms with Crippen molar-refractivity contribution in [3.63, 3.8) is 0 Å². The predicted molar refractivity (Wildman–Crippen MR) is 62.4 cm³/mol. The van der Waals surface area contributed by atoms with Crippen molar-refractivity contribution in [3.05, 3.63) is 0 Å². The van der Waals surface area contributed by atoms with Gasteiger partial charge in [0.1, 0.15) is 0 Å². The maximum atomic E-state index is 11.0. The summed E-state index contributed by atoms with van der Waals surface area (Å²) in [6.07, 6.45) is -0.266. The number of methoxy groups -OCH3 is 1. The number of halogens is 1. The van der Waals surface area contributed by atoms with Crippen LogP contribution in [0.2, 0.25) is 0 Å². The molecule has 0 aliphatic carbocycles. The molecule has 5 heteroatoms. The number of carbonyl (C=O) groups is 1. The van der Waals surface area contributed by atoms with Crippen LogP contribution in [-0.4, -0.2) is 35.5 Å². The van der Waals surface area contributed by atoms with Crippen molar-refractivity contribution < 1.29 is 19.4 Å². The minimum atomic E-state index is -1.18. The monoisotopic (exact) mass is 252 g/mol. The molecule has 0 aliphatic heterocycles. The zero-order chi connectivity index (χ0) is 12.8. The van der Waals surface area contributed by atoms with Gasteiger partial charge in [0, 0.05) is 20.0 Å². The van der Waals surface area contributed by atoms with Crippen LogP contribution in [0.4, 0.5) is 0 Å². The smallest absolute Gasteiger partial charge is 0.307 e. The standard InChI is InChI=1S/C11H21ClO4/c1-5-8(15-4)11(3,12)7-10(14)16-9(13)6-2/h8,10,14H,5-7H2,1-4H3/t8-,10?,11-/m0/s1. The first-order valence-corrected chi connectivity index (χ1v) is 5.84. The third-order valence-electron chi connectivity index (χ3n) is 2.46. The lowest BCUT2D eigenvalue weighted by Gasteiger charge is -2.31. The largest absolute Gasteiger partial charge is 0.436 e. The van der Waals surface area contributed by atoms with E-state index in [-0.39, 0.29) is 18.9 Å². The topological polar surface area (TPSA) is 55.8 Å². The average molecular weight is 253 g/mol. The molecule has 96 valence electrons. The minimum Gasteiger partial charge on any atom is -0.436 e. The first-order chi connectivity index (χ1) is 7.37. The third-order valence-corrected chi connectivity index (χ3v) is 2.85. The van der Waals surface area contributed by atoms with Crippen molar-refractivity contribution in [2.75, 3.05) is 7.11 Å². The van der Waals surface area contributed by atoms with E-state index in [9.17, 15) is 9.90 Å². The van der Waals surface area contributed by atoms with Gasteiger partial charge < -0.3 is 14.6 Å². The summed E-state index contributed by atoms with van der Waals surface area (Å²) in [7, 11) is 1.57. The first-order valence-electron chi connectivity index (χ1n) is 5.46. The molecule has 0 fully saturated rings. The first kappa shape index (κ1) is 15.7. The number of hydrogen-bond acceptors (Lipinski definition) is 4. The van der Waals surface area contributed by atoms with E-state index >= 15 is 0 Å². The Kier molecular flexibility index (Phi) is 6.95. The second-order valence-electron chi connectivity index (χ2n) is 3.91. The molecule has 3 atom stereocenters. The summed E-state index contributed by atoms with van der Waals surface area (Å²) in [5, 5.41) is 9.54. The van der Waals surface area contributed by atoms with E-state index in [1.807, 2.05) is 6.92 Å². The molecule has 0 spiro atoms. The molecular formula is C11H21ClO4. The lowest BCUT2D eigenvalue weighted by Crippen LogP contribution is -2.39. The van der Waals surface area contributed by atoms with Gasteiger partial charge in [-0.25, -0.2) is 0 Å². The molecular weight excluding hydrogens is 232 g/mol. The molecule has 0 bridgehead atoms. The molecule has 0 saturated carbocycles. The SMILES string of the molecule is CCC(=O)OC(O)C[C@](C)(Cl)[C@H](CC)OC. The molecule has 0 amide bonds. The van der Waals surface area contributed by atoms with Crippen LogP contribution in [0.1, 0.15) is 40.0 Å². The molecule has 4 nitrogen and oxygen atoms in total. The zero-order valence-electron chi connectivity index (χ0n) is 10.3. The Morgan fingerprint density at radius 3 is 2.44 bits per heavy atom. The fourth-order valence-corrected chi connectivity index (χ4v) is 1.96. The van der Waals surface area contributed by atoms with E-state index in [0.717, 1.165) is 6.42 Å². The van der Waals surface area contributed by atoms with E-state index in [0.29, 0.717) is 0 Å². The number of carbonyl (C=O) groups excluding carboxylic acids is 1. The van der Waals surface area contributed by atoms with Crippen LogP contribution in [0.3, 0.4) is 0 Å². The predicted octanol–water partition coefficient (Wildman–Crippen LogP) is 2.07. The summed E-state index contributed by atoms with van der Waals surface area (Å²) < 4.78 is 9.96. The van der Waals surface area contributed by atoms with Crippen molar-refractivity contribution in [2.24, 2.45) is 0 Å². The van der Waals surface area contributed by atoms with E-state index in [4.69, 9.17) is 21.1 Å². The number of aliphatic hydroxyl groups is 1. The van der Waals surface area contributed by atoms with Crippen molar-refractivity contribution in [1.29, 1.82) is 0 Å². The van der Waals surface area contributed by atoms with Crippen LogP contribution in [0.25, 0.3) is 0 Å². The van der Waals surface area contributed by atoms with E-state index < -0.39 is 17.1 Å². The third kappa shape index (κ3) is 5.14. The summed E-state index contributed by atoms with van der Waals surface area (Å²) in [6, 6.07) is 0. The van der Waals surface area contributed by atoms with Gasteiger partial charge >= 0.3 is 5.97 Å². The van der Waals surface area contributed by atoms with Gasteiger partial charge in [0.2, 0.25) is 6.29 Å². The molecule has 1 unspecified atom stereocenters. The van der Waals surface area contributed by atoms with Gasteiger partial charge in [0.25, 0.3) is 0 Å². The maximum Gasteiger partial charge on any atom is 0.307 e. The highest BCUT2D eigenvalue weighted by Gasteiger charge is 2.34. The van der Waals surface area contributed by atoms with Crippen LogP contribution in [0.15, 0.2) is 0 Å². The lowest BCUT2D eigenvalue weighted by atomic mass is 9.97. The van der Waals surface area contributed by atoms with Crippen molar-refractivity contribution >= 4 is 17.6 Å². The van der Waals surface area contributed by atoms with Crippen LogP contribution in [0.5, 0.6) is 0 Å². The molecule has 0 aromatic rings. The van der Waals surface area contributed by atoms with Crippen molar-refractivity contribution in [2.45, 2.75) is 57.3 Å².